The largest absolute Gasteiger partial charge is 0.391 e. The first-order chi connectivity index (χ1) is 17.6. The SMILES string of the molecule is OC(CN1CCC(CN2Cc3ccccc3CCc3ccccc32)CC1)C12CC3CC(CC(C3)C1)C2. The molecule has 1 unspecified atom stereocenters. The molecule has 2 aromatic carbocycles. The zero-order valence-electron chi connectivity index (χ0n) is 22.0. The number of anilines is 1. The molecular formula is C33H44N2O. The van der Waals surface area contributed by atoms with Crippen molar-refractivity contribution in [2.24, 2.45) is 29.1 Å². The number of piperidine rings is 1. The van der Waals surface area contributed by atoms with Crippen LogP contribution in [0, 0.1) is 29.1 Å². The van der Waals surface area contributed by atoms with E-state index in [0.717, 1.165) is 69.2 Å². The maximum absolute atomic E-state index is 11.5. The summed E-state index contributed by atoms with van der Waals surface area (Å²) >= 11 is 0. The minimum Gasteiger partial charge on any atom is -0.391 e. The van der Waals surface area contributed by atoms with Crippen LogP contribution in [0.3, 0.4) is 0 Å². The molecule has 2 aliphatic heterocycles. The minimum absolute atomic E-state index is 0.111. The average molecular weight is 485 g/mol. The second-order valence-corrected chi connectivity index (χ2v) is 13.3. The summed E-state index contributed by atoms with van der Waals surface area (Å²) in [5.41, 5.74) is 6.23. The van der Waals surface area contributed by atoms with Crippen molar-refractivity contribution in [3.63, 3.8) is 0 Å². The van der Waals surface area contributed by atoms with E-state index in [0.29, 0.717) is 0 Å². The minimum atomic E-state index is -0.111. The van der Waals surface area contributed by atoms with Gasteiger partial charge in [0.15, 0.2) is 0 Å². The summed E-state index contributed by atoms with van der Waals surface area (Å²) in [6, 6.07) is 18.2. The molecule has 1 saturated heterocycles. The van der Waals surface area contributed by atoms with E-state index in [1.807, 2.05) is 0 Å². The predicted molar refractivity (Wildman–Crippen MR) is 147 cm³/mol. The van der Waals surface area contributed by atoms with Crippen LogP contribution < -0.4 is 4.90 Å². The van der Waals surface area contributed by atoms with Crippen molar-refractivity contribution in [3.8, 4) is 0 Å². The topological polar surface area (TPSA) is 26.7 Å². The molecule has 3 nitrogen and oxygen atoms in total. The van der Waals surface area contributed by atoms with Crippen LogP contribution in [-0.2, 0) is 19.4 Å². The third-order valence-corrected chi connectivity index (χ3v) is 10.9. The number of likely N-dealkylation sites (tertiary alicyclic amines) is 1. The molecule has 0 amide bonds. The van der Waals surface area contributed by atoms with E-state index in [1.54, 1.807) is 0 Å². The molecule has 2 heterocycles. The Morgan fingerprint density at radius 2 is 1.36 bits per heavy atom. The van der Waals surface area contributed by atoms with Gasteiger partial charge in [0.2, 0.25) is 0 Å². The lowest BCUT2D eigenvalue weighted by Crippen LogP contribution is -2.55. The molecule has 5 fully saturated rings. The highest BCUT2D eigenvalue weighted by molar-refractivity contribution is 5.56. The molecule has 0 aromatic heterocycles. The number of aryl methyl sites for hydroxylation is 2. The summed E-state index contributed by atoms with van der Waals surface area (Å²) in [6.45, 7) is 5.40. The van der Waals surface area contributed by atoms with E-state index >= 15 is 0 Å². The van der Waals surface area contributed by atoms with E-state index in [9.17, 15) is 5.11 Å². The Morgan fingerprint density at radius 3 is 2.06 bits per heavy atom. The summed E-state index contributed by atoms with van der Waals surface area (Å²) < 4.78 is 0. The van der Waals surface area contributed by atoms with Crippen molar-refractivity contribution in [1.29, 1.82) is 0 Å². The molecule has 1 atom stereocenters. The van der Waals surface area contributed by atoms with Crippen molar-refractivity contribution < 1.29 is 5.11 Å². The molecule has 4 aliphatic carbocycles. The molecule has 2 aromatic rings. The third kappa shape index (κ3) is 4.41. The van der Waals surface area contributed by atoms with Crippen LogP contribution in [0.25, 0.3) is 0 Å². The van der Waals surface area contributed by atoms with Crippen LogP contribution in [0.2, 0.25) is 0 Å². The fourth-order valence-corrected chi connectivity index (χ4v) is 9.40. The van der Waals surface area contributed by atoms with Gasteiger partial charge in [0.1, 0.15) is 0 Å². The fraction of sp³-hybridized carbons (Fsp3) is 0.636. The van der Waals surface area contributed by atoms with Gasteiger partial charge >= 0.3 is 0 Å². The molecule has 8 rings (SSSR count). The monoisotopic (exact) mass is 484 g/mol. The molecule has 36 heavy (non-hydrogen) atoms. The molecule has 1 N–H and O–H groups in total. The second-order valence-electron chi connectivity index (χ2n) is 13.3. The van der Waals surface area contributed by atoms with Crippen LogP contribution in [0.5, 0.6) is 0 Å². The third-order valence-electron chi connectivity index (χ3n) is 10.9. The Labute approximate surface area is 217 Å². The van der Waals surface area contributed by atoms with Crippen LogP contribution in [-0.4, -0.2) is 42.3 Å². The number of rotatable bonds is 5. The van der Waals surface area contributed by atoms with E-state index in [4.69, 9.17) is 0 Å². The highest BCUT2D eigenvalue weighted by Crippen LogP contribution is 2.61. The molecule has 4 saturated carbocycles. The molecular weight excluding hydrogens is 440 g/mol. The first-order valence-corrected chi connectivity index (χ1v) is 14.9. The van der Waals surface area contributed by atoms with Crippen molar-refractivity contribution in [3.05, 3.63) is 65.2 Å². The zero-order valence-corrected chi connectivity index (χ0v) is 22.0. The maximum atomic E-state index is 11.5. The summed E-state index contributed by atoms with van der Waals surface area (Å²) in [5, 5.41) is 11.5. The first kappa shape index (κ1) is 23.3. The van der Waals surface area contributed by atoms with Crippen LogP contribution in [0.4, 0.5) is 5.69 Å². The van der Waals surface area contributed by atoms with Crippen molar-refractivity contribution in [1.82, 2.24) is 4.90 Å². The standard InChI is InChI=1S/C33H44N2O/c36-32(33-18-25-15-26(19-33)17-27(16-25)20-33)23-34-13-11-24(12-14-34)21-35-22-30-7-2-1-5-28(30)9-10-29-6-3-4-8-31(29)35/h1-8,24-27,32,36H,9-23H2. The van der Waals surface area contributed by atoms with Gasteiger partial charge in [0.05, 0.1) is 6.10 Å². The van der Waals surface area contributed by atoms with Crippen molar-refractivity contribution in [2.45, 2.75) is 76.9 Å². The lowest BCUT2D eigenvalue weighted by Gasteiger charge is -2.59. The summed E-state index contributed by atoms with van der Waals surface area (Å²) in [6.07, 6.45) is 13.0. The number of para-hydroxylation sites is 1. The lowest BCUT2D eigenvalue weighted by atomic mass is 9.48. The number of β-amino-alcohol motifs (C(OH)–C–C–N with tert-alkyl or cyclic N) is 1. The Kier molecular flexibility index (Phi) is 6.13. The molecule has 4 bridgehead atoms. The van der Waals surface area contributed by atoms with Crippen molar-refractivity contribution >= 4 is 5.69 Å². The van der Waals surface area contributed by atoms with Gasteiger partial charge in [-0.15, -0.1) is 0 Å². The number of benzene rings is 2. The Morgan fingerprint density at radius 1 is 0.778 bits per heavy atom. The van der Waals surface area contributed by atoms with Gasteiger partial charge in [0, 0.05) is 25.3 Å². The smallest absolute Gasteiger partial charge is 0.0723 e. The summed E-state index contributed by atoms with van der Waals surface area (Å²) in [5.74, 6) is 3.49. The van der Waals surface area contributed by atoms with E-state index < -0.39 is 0 Å². The van der Waals surface area contributed by atoms with Gasteiger partial charge in [-0.1, -0.05) is 42.5 Å². The van der Waals surface area contributed by atoms with E-state index in [-0.39, 0.29) is 11.5 Å². The highest BCUT2D eigenvalue weighted by Gasteiger charge is 2.54. The van der Waals surface area contributed by atoms with Gasteiger partial charge in [-0.3, -0.25) is 0 Å². The first-order valence-electron chi connectivity index (χ1n) is 14.9. The van der Waals surface area contributed by atoms with Gasteiger partial charge in [0.25, 0.3) is 0 Å². The van der Waals surface area contributed by atoms with E-state index in [1.165, 1.54) is 73.7 Å². The predicted octanol–water partition coefficient (Wildman–Crippen LogP) is 6.08. The zero-order chi connectivity index (χ0) is 24.1. The number of aliphatic hydroxyl groups is 1. The Balaban J connectivity index is 0.993. The lowest BCUT2D eigenvalue weighted by molar-refractivity contribution is -0.127. The van der Waals surface area contributed by atoms with Gasteiger partial charge < -0.3 is 14.9 Å². The van der Waals surface area contributed by atoms with Gasteiger partial charge in [-0.05, 0) is 129 Å². The fourth-order valence-electron chi connectivity index (χ4n) is 9.40. The summed E-state index contributed by atoms with van der Waals surface area (Å²) in [7, 11) is 0. The number of hydrogen-bond donors (Lipinski definition) is 1. The second kappa shape index (κ2) is 9.48. The molecule has 0 radical (unpaired) electrons. The quantitative estimate of drug-likeness (QED) is 0.557. The Hall–Kier alpha value is -1.84. The number of aliphatic hydroxyl groups excluding tert-OH is 1. The van der Waals surface area contributed by atoms with E-state index in [2.05, 4.69) is 58.3 Å². The number of hydrogen-bond acceptors (Lipinski definition) is 3. The maximum Gasteiger partial charge on any atom is 0.0723 e. The average Bonchev–Trinajstić information content (AvgIpc) is 2.87. The van der Waals surface area contributed by atoms with Crippen LogP contribution in [0.15, 0.2) is 48.5 Å². The number of fused-ring (bicyclic) bond motifs is 2. The normalized spacial score (nSPS) is 33.0. The number of nitrogens with zero attached hydrogens (tertiary/aromatic N) is 2. The molecule has 6 aliphatic rings. The summed E-state index contributed by atoms with van der Waals surface area (Å²) in [4.78, 5) is 5.29. The molecule has 192 valence electrons. The van der Waals surface area contributed by atoms with Crippen molar-refractivity contribution in [2.75, 3.05) is 31.1 Å². The Bertz CT molecular complexity index is 1040. The molecule has 3 heteroatoms. The highest BCUT2D eigenvalue weighted by atomic mass is 16.3. The molecule has 0 spiro atoms. The van der Waals surface area contributed by atoms with Gasteiger partial charge in [-0.2, -0.15) is 0 Å². The van der Waals surface area contributed by atoms with Crippen LogP contribution in [0.1, 0.15) is 68.1 Å². The van der Waals surface area contributed by atoms with Crippen LogP contribution >= 0.6 is 0 Å². The van der Waals surface area contributed by atoms with Gasteiger partial charge in [-0.25, -0.2) is 0 Å².